The molecular formula is C22H29N7O5. The van der Waals surface area contributed by atoms with Crippen LogP contribution in [0.3, 0.4) is 0 Å². The van der Waals surface area contributed by atoms with Gasteiger partial charge in [-0.1, -0.05) is 12.1 Å². The van der Waals surface area contributed by atoms with Crippen LogP contribution in [0.2, 0.25) is 0 Å². The first-order valence-corrected chi connectivity index (χ1v) is 10.8. The first-order valence-electron chi connectivity index (χ1n) is 10.8. The van der Waals surface area contributed by atoms with Gasteiger partial charge in [0.15, 0.2) is 23.2 Å². The van der Waals surface area contributed by atoms with E-state index in [1.807, 2.05) is 26.2 Å². The van der Waals surface area contributed by atoms with Crippen molar-refractivity contribution in [1.29, 1.82) is 0 Å². The van der Waals surface area contributed by atoms with Gasteiger partial charge in [0.1, 0.15) is 24.3 Å². The van der Waals surface area contributed by atoms with Gasteiger partial charge in [-0.15, -0.1) is 0 Å². The van der Waals surface area contributed by atoms with Crippen LogP contribution < -0.4 is 20.7 Å². The molecule has 4 rings (SSSR count). The number of carbonyl (C=O) groups excluding carboxylic acids is 1. The Morgan fingerprint density at radius 2 is 2.03 bits per heavy atom. The lowest BCUT2D eigenvalue weighted by molar-refractivity contribution is -0.124. The van der Waals surface area contributed by atoms with E-state index >= 15 is 0 Å². The van der Waals surface area contributed by atoms with Crippen LogP contribution in [-0.4, -0.2) is 87.7 Å². The smallest absolute Gasteiger partial charge is 0.237 e. The second kappa shape index (κ2) is 9.89. The molecule has 182 valence electrons. The van der Waals surface area contributed by atoms with E-state index in [9.17, 15) is 15.0 Å². The summed E-state index contributed by atoms with van der Waals surface area (Å²) in [7, 11) is 5.25. The van der Waals surface area contributed by atoms with Crippen LogP contribution in [0.1, 0.15) is 11.8 Å². The zero-order chi connectivity index (χ0) is 24.4. The molecule has 0 radical (unpaired) electrons. The van der Waals surface area contributed by atoms with Crippen LogP contribution in [0, 0.1) is 0 Å². The highest BCUT2D eigenvalue weighted by Gasteiger charge is 2.46. The largest absolute Gasteiger partial charge is 0.497 e. The molecule has 1 aliphatic heterocycles. The maximum atomic E-state index is 12.8. The van der Waals surface area contributed by atoms with Crippen molar-refractivity contribution < 1.29 is 24.5 Å². The van der Waals surface area contributed by atoms with E-state index in [4.69, 9.17) is 15.2 Å². The fourth-order valence-electron chi connectivity index (χ4n) is 4.04. The zero-order valence-electron chi connectivity index (χ0n) is 19.2. The SMILES string of the molecule is COc1ccc(CC(N)C(=O)N[C@H]2[C@@H](O)[C@@H](n3cnc4c(N(C)C)ncnc43)O[C@@H]2CO)cc1. The molecule has 0 bridgehead atoms. The lowest BCUT2D eigenvalue weighted by Gasteiger charge is -2.23. The van der Waals surface area contributed by atoms with Gasteiger partial charge in [0.05, 0.1) is 32.1 Å². The lowest BCUT2D eigenvalue weighted by Crippen LogP contribution is -2.53. The molecule has 5 atom stereocenters. The predicted octanol–water partition coefficient (Wildman–Crippen LogP) is -0.794. The van der Waals surface area contributed by atoms with Crippen molar-refractivity contribution in [3.63, 3.8) is 0 Å². The van der Waals surface area contributed by atoms with Gasteiger partial charge in [0, 0.05) is 14.1 Å². The predicted molar refractivity (Wildman–Crippen MR) is 123 cm³/mol. The van der Waals surface area contributed by atoms with Crippen LogP contribution in [0.5, 0.6) is 5.75 Å². The van der Waals surface area contributed by atoms with Gasteiger partial charge in [0.25, 0.3) is 0 Å². The Labute approximate surface area is 196 Å². The summed E-state index contributed by atoms with van der Waals surface area (Å²) >= 11 is 0. The number of hydrogen-bond donors (Lipinski definition) is 4. The molecule has 1 amide bonds. The van der Waals surface area contributed by atoms with Crippen molar-refractivity contribution in [3.05, 3.63) is 42.5 Å². The number of aromatic nitrogens is 4. The summed E-state index contributed by atoms with van der Waals surface area (Å²) in [6, 6.07) is 5.52. The molecule has 3 aromatic rings. The summed E-state index contributed by atoms with van der Waals surface area (Å²) in [5.74, 6) is 0.861. The second-order valence-electron chi connectivity index (χ2n) is 8.35. The highest BCUT2D eigenvalue weighted by molar-refractivity contribution is 5.83. The highest BCUT2D eigenvalue weighted by Crippen LogP contribution is 2.32. The van der Waals surface area contributed by atoms with E-state index < -0.39 is 43.0 Å². The molecule has 12 heteroatoms. The van der Waals surface area contributed by atoms with Gasteiger partial charge < -0.3 is 35.6 Å². The Kier molecular flexibility index (Phi) is 6.93. The number of hydrogen-bond acceptors (Lipinski definition) is 10. The van der Waals surface area contributed by atoms with Gasteiger partial charge >= 0.3 is 0 Å². The topological polar surface area (TPSA) is 161 Å². The van der Waals surface area contributed by atoms with Crippen molar-refractivity contribution in [2.24, 2.45) is 5.73 Å². The number of nitrogens with zero attached hydrogens (tertiary/aromatic N) is 5. The van der Waals surface area contributed by atoms with E-state index in [0.29, 0.717) is 29.2 Å². The number of methoxy groups -OCH3 is 1. The van der Waals surface area contributed by atoms with Crippen LogP contribution in [0.15, 0.2) is 36.9 Å². The van der Waals surface area contributed by atoms with Crippen molar-refractivity contribution in [2.45, 2.75) is 36.9 Å². The van der Waals surface area contributed by atoms with Gasteiger partial charge in [-0.3, -0.25) is 9.36 Å². The Balaban J connectivity index is 1.49. The van der Waals surface area contributed by atoms with E-state index in [1.54, 1.807) is 28.7 Å². The molecular weight excluding hydrogens is 442 g/mol. The number of nitrogens with two attached hydrogens (primary N) is 1. The number of rotatable bonds is 8. The van der Waals surface area contributed by atoms with Gasteiger partial charge in [-0.2, -0.15) is 0 Å². The van der Waals surface area contributed by atoms with Crippen LogP contribution >= 0.6 is 0 Å². The molecule has 0 aliphatic carbocycles. The summed E-state index contributed by atoms with van der Waals surface area (Å²) < 4.78 is 12.6. The number of benzene rings is 1. The van der Waals surface area contributed by atoms with Gasteiger partial charge in [-0.25, -0.2) is 15.0 Å². The van der Waals surface area contributed by atoms with E-state index in [-0.39, 0.29) is 0 Å². The second-order valence-corrected chi connectivity index (χ2v) is 8.35. The molecule has 0 saturated carbocycles. The van der Waals surface area contributed by atoms with Gasteiger partial charge in [0.2, 0.25) is 5.91 Å². The summed E-state index contributed by atoms with van der Waals surface area (Å²) in [6.45, 7) is -0.406. The van der Waals surface area contributed by atoms with E-state index in [2.05, 4.69) is 20.3 Å². The zero-order valence-corrected chi connectivity index (χ0v) is 19.2. The average Bonchev–Trinajstić information content (AvgIpc) is 3.40. The van der Waals surface area contributed by atoms with Gasteiger partial charge in [-0.05, 0) is 24.1 Å². The minimum Gasteiger partial charge on any atom is -0.497 e. The van der Waals surface area contributed by atoms with Crippen LogP contribution in [0.25, 0.3) is 11.2 Å². The van der Waals surface area contributed by atoms with Crippen LogP contribution in [-0.2, 0) is 16.0 Å². The molecule has 34 heavy (non-hydrogen) atoms. The Hall–Kier alpha value is -3.32. The molecule has 12 nitrogen and oxygen atoms in total. The molecule has 1 saturated heterocycles. The quantitative estimate of drug-likeness (QED) is 0.328. The summed E-state index contributed by atoms with van der Waals surface area (Å²) in [5, 5.41) is 23.6. The first-order chi connectivity index (χ1) is 16.3. The molecule has 1 aromatic carbocycles. The summed E-state index contributed by atoms with van der Waals surface area (Å²) in [6.07, 6.45) is 0.250. The summed E-state index contributed by atoms with van der Waals surface area (Å²) in [5.41, 5.74) is 7.98. The van der Waals surface area contributed by atoms with E-state index in [0.717, 1.165) is 5.56 Å². The summed E-state index contributed by atoms with van der Waals surface area (Å²) in [4.78, 5) is 27.5. The molecule has 1 unspecified atom stereocenters. The number of anilines is 1. The highest BCUT2D eigenvalue weighted by atomic mass is 16.5. The molecule has 3 heterocycles. The van der Waals surface area contributed by atoms with Crippen molar-refractivity contribution in [1.82, 2.24) is 24.8 Å². The number of nitrogens with one attached hydrogen (secondary N) is 1. The standard InChI is InChI=1S/C22H29N7O5/c1-28(2)19-17-20(25-10-24-19)29(11-26-17)22-18(31)16(15(9-30)34-22)27-21(32)14(23)8-12-4-6-13(33-3)7-5-12/h4-7,10-11,14-16,18,22,30-31H,8-9,23H2,1-3H3,(H,27,32)/t14?,15-,16-,18-,22+/m1/s1. The number of aliphatic hydroxyl groups excluding tert-OH is 2. The number of imidazole rings is 1. The van der Waals surface area contributed by atoms with Crippen molar-refractivity contribution in [2.75, 3.05) is 32.7 Å². The molecule has 1 aliphatic rings. The monoisotopic (exact) mass is 471 g/mol. The Morgan fingerprint density at radius 1 is 1.29 bits per heavy atom. The fourth-order valence-corrected chi connectivity index (χ4v) is 4.04. The minimum absolute atomic E-state index is 0.295. The average molecular weight is 472 g/mol. The third kappa shape index (κ3) is 4.53. The minimum atomic E-state index is -1.18. The van der Waals surface area contributed by atoms with E-state index in [1.165, 1.54) is 12.7 Å². The lowest BCUT2D eigenvalue weighted by atomic mass is 10.0. The number of carbonyl (C=O) groups is 1. The molecule has 2 aromatic heterocycles. The Morgan fingerprint density at radius 3 is 2.68 bits per heavy atom. The van der Waals surface area contributed by atoms with Crippen molar-refractivity contribution in [3.8, 4) is 5.75 Å². The number of aliphatic hydroxyl groups is 2. The fraction of sp³-hybridized carbons (Fsp3) is 0.455. The first kappa shape index (κ1) is 23.8. The maximum absolute atomic E-state index is 12.8. The maximum Gasteiger partial charge on any atom is 0.237 e. The molecule has 0 spiro atoms. The van der Waals surface area contributed by atoms with Crippen molar-refractivity contribution >= 4 is 22.9 Å². The third-order valence-corrected chi connectivity index (χ3v) is 5.85. The Bertz CT molecular complexity index is 1140. The molecule has 5 N–H and O–H groups in total. The number of ether oxygens (including phenoxy) is 2. The van der Waals surface area contributed by atoms with Crippen LogP contribution in [0.4, 0.5) is 5.82 Å². The normalized spacial score (nSPS) is 23.1. The third-order valence-electron chi connectivity index (χ3n) is 5.85. The number of fused-ring (bicyclic) bond motifs is 1. The number of amides is 1. The molecule has 1 fully saturated rings.